The number of fused-ring (bicyclic) bond motifs is 2. The third-order valence-electron chi connectivity index (χ3n) is 5.82. The average molecular weight is 529 g/mol. The highest BCUT2D eigenvalue weighted by molar-refractivity contribution is 9.10. The SMILES string of the molecule is O=C(O)CC1CCN(C2c3ncc(Br)cc3CCc3cc(Cl)cc(Br)c32)CC1. The molecule has 1 aliphatic heterocycles. The normalized spacial score (nSPS) is 20.3. The summed E-state index contributed by atoms with van der Waals surface area (Å²) in [7, 11) is 0. The Balaban J connectivity index is 1.74. The molecule has 0 saturated carbocycles. The first-order valence-corrected chi connectivity index (χ1v) is 11.5. The van der Waals surface area contributed by atoms with Gasteiger partial charge in [0.1, 0.15) is 0 Å². The Morgan fingerprint density at radius 2 is 1.89 bits per heavy atom. The van der Waals surface area contributed by atoms with E-state index in [1.807, 2.05) is 12.3 Å². The van der Waals surface area contributed by atoms with Crippen LogP contribution in [0.2, 0.25) is 5.02 Å². The Bertz CT molecular complexity index is 914. The quantitative estimate of drug-likeness (QED) is 0.561. The Morgan fingerprint density at radius 3 is 2.61 bits per heavy atom. The van der Waals surface area contributed by atoms with Gasteiger partial charge in [0, 0.05) is 26.6 Å². The van der Waals surface area contributed by atoms with Crippen LogP contribution in [0.3, 0.4) is 0 Å². The van der Waals surface area contributed by atoms with E-state index in [1.54, 1.807) is 0 Å². The molecule has 2 aromatic rings. The highest BCUT2D eigenvalue weighted by Crippen LogP contribution is 2.42. The Morgan fingerprint density at radius 1 is 1.18 bits per heavy atom. The lowest BCUT2D eigenvalue weighted by molar-refractivity contribution is -0.138. The van der Waals surface area contributed by atoms with E-state index in [0.717, 1.165) is 58.4 Å². The fourth-order valence-corrected chi connectivity index (χ4v) is 5.98. The number of aliphatic carboxylic acids is 1. The average Bonchev–Trinajstić information content (AvgIpc) is 2.79. The molecule has 1 N–H and O–H groups in total. The monoisotopic (exact) mass is 526 g/mol. The fraction of sp³-hybridized carbons (Fsp3) is 0.429. The molecule has 148 valence electrons. The zero-order chi connectivity index (χ0) is 19.8. The molecule has 1 unspecified atom stereocenters. The molecule has 0 bridgehead atoms. The fourth-order valence-electron chi connectivity index (χ4n) is 4.51. The third kappa shape index (κ3) is 4.16. The van der Waals surface area contributed by atoms with Gasteiger partial charge in [-0.15, -0.1) is 0 Å². The van der Waals surface area contributed by atoms with Crippen molar-refractivity contribution in [2.45, 2.75) is 38.1 Å². The van der Waals surface area contributed by atoms with E-state index >= 15 is 0 Å². The number of carboxylic acid groups (broad SMARTS) is 1. The van der Waals surface area contributed by atoms with Crippen LogP contribution < -0.4 is 0 Å². The molecule has 1 saturated heterocycles. The maximum absolute atomic E-state index is 11.1. The zero-order valence-electron chi connectivity index (χ0n) is 15.3. The summed E-state index contributed by atoms with van der Waals surface area (Å²) in [5, 5.41) is 9.86. The summed E-state index contributed by atoms with van der Waals surface area (Å²) in [5.41, 5.74) is 4.86. The maximum Gasteiger partial charge on any atom is 0.303 e. The van der Waals surface area contributed by atoms with E-state index in [4.69, 9.17) is 21.7 Å². The van der Waals surface area contributed by atoms with Gasteiger partial charge in [-0.25, -0.2) is 0 Å². The molecule has 2 aliphatic rings. The molecule has 0 amide bonds. The van der Waals surface area contributed by atoms with Crippen molar-refractivity contribution < 1.29 is 9.90 Å². The smallest absolute Gasteiger partial charge is 0.303 e. The van der Waals surface area contributed by atoms with Crippen LogP contribution in [-0.4, -0.2) is 34.0 Å². The minimum absolute atomic E-state index is 0.0537. The van der Waals surface area contributed by atoms with Crippen molar-refractivity contribution in [1.82, 2.24) is 9.88 Å². The number of aromatic nitrogens is 1. The van der Waals surface area contributed by atoms with Gasteiger partial charge in [0.25, 0.3) is 0 Å². The number of benzene rings is 1. The molecular formula is C21H21Br2ClN2O2. The molecule has 1 atom stereocenters. The van der Waals surface area contributed by atoms with E-state index in [-0.39, 0.29) is 18.4 Å². The molecule has 1 aromatic carbocycles. The largest absolute Gasteiger partial charge is 0.481 e. The van der Waals surface area contributed by atoms with Gasteiger partial charge < -0.3 is 5.11 Å². The van der Waals surface area contributed by atoms with Crippen LogP contribution in [0.5, 0.6) is 0 Å². The number of pyridine rings is 1. The number of hydrogen-bond acceptors (Lipinski definition) is 3. The Labute approximate surface area is 186 Å². The highest BCUT2D eigenvalue weighted by Gasteiger charge is 2.34. The van der Waals surface area contributed by atoms with Crippen LogP contribution in [-0.2, 0) is 17.6 Å². The lowest BCUT2D eigenvalue weighted by Crippen LogP contribution is -2.38. The number of nitrogens with zero attached hydrogens (tertiary/aromatic N) is 2. The molecule has 0 radical (unpaired) electrons. The van der Waals surface area contributed by atoms with Crippen molar-refractivity contribution >= 4 is 49.4 Å². The summed E-state index contributed by atoms with van der Waals surface area (Å²) in [5.74, 6) is -0.447. The number of likely N-dealkylation sites (tertiary alicyclic amines) is 1. The number of halogens is 3. The summed E-state index contributed by atoms with van der Waals surface area (Å²) in [6.45, 7) is 1.74. The number of aryl methyl sites for hydroxylation is 2. The van der Waals surface area contributed by atoms with Gasteiger partial charge in [-0.3, -0.25) is 14.7 Å². The molecule has 1 aliphatic carbocycles. The van der Waals surface area contributed by atoms with Gasteiger partial charge in [0.15, 0.2) is 0 Å². The summed E-state index contributed by atoms with van der Waals surface area (Å²) < 4.78 is 2.01. The lowest BCUT2D eigenvalue weighted by Gasteiger charge is -2.38. The highest BCUT2D eigenvalue weighted by atomic mass is 79.9. The summed E-state index contributed by atoms with van der Waals surface area (Å²) in [4.78, 5) is 18.4. The lowest BCUT2D eigenvalue weighted by atomic mass is 9.90. The van der Waals surface area contributed by atoms with Crippen molar-refractivity contribution in [2.24, 2.45) is 5.92 Å². The predicted octanol–water partition coefficient (Wildman–Crippen LogP) is 5.63. The van der Waals surface area contributed by atoms with Crippen LogP contribution >= 0.6 is 43.5 Å². The molecule has 7 heteroatoms. The molecule has 4 rings (SSSR count). The number of piperidine rings is 1. The van der Waals surface area contributed by atoms with Gasteiger partial charge in [-0.1, -0.05) is 27.5 Å². The first-order valence-electron chi connectivity index (χ1n) is 9.50. The third-order valence-corrected chi connectivity index (χ3v) is 7.13. The van der Waals surface area contributed by atoms with E-state index in [0.29, 0.717) is 0 Å². The topological polar surface area (TPSA) is 53.4 Å². The second-order valence-electron chi connectivity index (χ2n) is 7.64. The predicted molar refractivity (Wildman–Crippen MR) is 117 cm³/mol. The van der Waals surface area contributed by atoms with E-state index in [1.165, 1.54) is 16.7 Å². The zero-order valence-corrected chi connectivity index (χ0v) is 19.2. The van der Waals surface area contributed by atoms with E-state index in [9.17, 15) is 4.79 Å². The molecule has 0 spiro atoms. The second kappa shape index (κ2) is 8.42. The standard InChI is InChI=1S/C21H21Br2ClN2O2/c22-15-8-14-2-1-13-9-16(24)10-17(23)19(13)21(20(14)25-11-15)26-5-3-12(4-6-26)7-18(27)28/h8-12,21H,1-7H2,(H,27,28). The van der Waals surface area contributed by atoms with Crippen molar-refractivity contribution in [3.8, 4) is 0 Å². The van der Waals surface area contributed by atoms with Crippen LogP contribution in [0.25, 0.3) is 0 Å². The van der Waals surface area contributed by atoms with Crippen molar-refractivity contribution in [2.75, 3.05) is 13.1 Å². The van der Waals surface area contributed by atoms with Gasteiger partial charge in [-0.05, 0) is 95.5 Å². The van der Waals surface area contributed by atoms with Gasteiger partial charge in [0.05, 0.1) is 11.7 Å². The molecule has 1 fully saturated rings. The van der Waals surface area contributed by atoms with Crippen molar-refractivity contribution in [3.63, 3.8) is 0 Å². The van der Waals surface area contributed by atoms with Crippen LogP contribution in [0.4, 0.5) is 0 Å². The minimum Gasteiger partial charge on any atom is -0.481 e. The Kier molecular flexibility index (Phi) is 6.12. The molecule has 28 heavy (non-hydrogen) atoms. The first-order chi connectivity index (χ1) is 13.4. The van der Waals surface area contributed by atoms with Crippen molar-refractivity contribution in [1.29, 1.82) is 0 Å². The first kappa shape index (κ1) is 20.3. The maximum atomic E-state index is 11.1. The Hall–Kier alpha value is -0.950. The van der Waals surface area contributed by atoms with Gasteiger partial charge in [-0.2, -0.15) is 0 Å². The summed E-state index contributed by atoms with van der Waals surface area (Å²) >= 11 is 13.7. The van der Waals surface area contributed by atoms with Crippen LogP contribution in [0.15, 0.2) is 33.3 Å². The number of carbonyl (C=O) groups is 1. The molecule has 4 nitrogen and oxygen atoms in total. The van der Waals surface area contributed by atoms with Gasteiger partial charge in [0.2, 0.25) is 0 Å². The summed E-state index contributed by atoms with van der Waals surface area (Å²) in [6, 6.07) is 6.27. The van der Waals surface area contributed by atoms with E-state index < -0.39 is 5.97 Å². The molecule has 1 aromatic heterocycles. The number of carboxylic acids is 1. The summed E-state index contributed by atoms with van der Waals surface area (Å²) in [6.07, 6.45) is 5.78. The second-order valence-corrected chi connectivity index (χ2v) is 9.84. The van der Waals surface area contributed by atoms with Crippen LogP contribution in [0, 0.1) is 5.92 Å². The minimum atomic E-state index is -0.701. The number of hydrogen-bond donors (Lipinski definition) is 1. The van der Waals surface area contributed by atoms with Crippen LogP contribution in [0.1, 0.15) is 47.7 Å². The van der Waals surface area contributed by atoms with Crippen molar-refractivity contribution in [3.05, 3.63) is 60.7 Å². The van der Waals surface area contributed by atoms with Gasteiger partial charge >= 0.3 is 5.97 Å². The number of rotatable bonds is 3. The molecular weight excluding hydrogens is 508 g/mol. The molecule has 2 heterocycles. The van der Waals surface area contributed by atoms with E-state index in [2.05, 4.69) is 48.9 Å².